The predicted molar refractivity (Wildman–Crippen MR) is 105 cm³/mol. The van der Waals surface area contributed by atoms with Crippen molar-refractivity contribution in [3.05, 3.63) is 57.8 Å². The molecule has 4 atom stereocenters. The van der Waals surface area contributed by atoms with E-state index >= 15 is 0 Å². The van der Waals surface area contributed by atoms with Crippen LogP contribution in [-0.2, 0) is 9.59 Å². The minimum absolute atomic E-state index is 0.0989. The molecule has 0 radical (unpaired) electrons. The fraction of sp³-hybridized carbons (Fsp3) is 0.250. The number of carbonyl (C=O) groups is 3. The highest BCUT2D eigenvalue weighted by molar-refractivity contribution is 7.12. The molecule has 1 aromatic heterocycles. The normalized spacial score (nSPS) is 24.9. The van der Waals surface area contributed by atoms with Gasteiger partial charge in [0.05, 0.1) is 21.5 Å². The van der Waals surface area contributed by atoms with Crippen molar-refractivity contribution in [2.75, 3.05) is 10.6 Å². The number of carbonyl (C=O) groups excluding carboxylic acids is 3. The zero-order chi connectivity index (χ0) is 19.8. The first-order chi connectivity index (χ1) is 13.4. The van der Waals surface area contributed by atoms with Crippen LogP contribution in [0.3, 0.4) is 0 Å². The average Bonchev–Trinajstić information content (AvgIpc) is 3.40. The molecule has 6 nitrogen and oxygen atoms in total. The van der Waals surface area contributed by atoms with Crippen molar-refractivity contribution in [1.29, 1.82) is 0 Å². The van der Waals surface area contributed by atoms with Gasteiger partial charge < -0.3 is 20.5 Å². The average molecular weight is 416 g/mol. The second-order valence-electron chi connectivity index (χ2n) is 6.93. The SMILES string of the molecule is O=C(Nc1cc(NC(=O)[C@@H]2[C@@H](C(=O)[O-])[C@H]3C=C[C@@H]2C3)ccc1Cl)c1cccs1. The van der Waals surface area contributed by atoms with Gasteiger partial charge in [0, 0.05) is 17.6 Å². The second-order valence-corrected chi connectivity index (χ2v) is 8.29. The van der Waals surface area contributed by atoms with Crippen LogP contribution in [0.25, 0.3) is 0 Å². The molecule has 0 spiro atoms. The summed E-state index contributed by atoms with van der Waals surface area (Å²) in [6.07, 6.45) is 4.41. The first-order valence-electron chi connectivity index (χ1n) is 8.78. The molecule has 1 saturated carbocycles. The number of aliphatic carboxylic acids is 1. The molecule has 28 heavy (non-hydrogen) atoms. The number of allylic oxidation sites excluding steroid dienone is 2. The van der Waals surface area contributed by atoms with Crippen molar-refractivity contribution >= 4 is 52.1 Å². The summed E-state index contributed by atoms with van der Waals surface area (Å²) in [4.78, 5) is 37.1. The Kier molecular flexibility index (Phi) is 4.95. The lowest BCUT2D eigenvalue weighted by Gasteiger charge is -2.27. The van der Waals surface area contributed by atoms with Gasteiger partial charge in [0.2, 0.25) is 5.91 Å². The summed E-state index contributed by atoms with van der Waals surface area (Å²) < 4.78 is 0. The smallest absolute Gasteiger partial charge is 0.265 e. The molecular weight excluding hydrogens is 400 g/mol. The number of anilines is 2. The number of amides is 2. The fourth-order valence-electron chi connectivity index (χ4n) is 4.02. The number of benzene rings is 1. The summed E-state index contributed by atoms with van der Waals surface area (Å²) in [7, 11) is 0. The van der Waals surface area contributed by atoms with E-state index in [0.717, 1.165) is 0 Å². The number of carboxylic acids is 1. The van der Waals surface area contributed by atoms with E-state index in [1.54, 1.807) is 35.7 Å². The Morgan fingerprint density at radius 3 is 2.50 bits per heavy atom. The molecule has 1 heterocycles. The largest absolute Gasteiger partial charge is 0.550 e. The van der Waals surface area contributed by atoms with Crippen LogP contribution in [-0.4, -0.2) is 17.8 Å². The highest BCUT2D eigenvalue weighted by atomic mass is 35.5. The third kappa shape index (κ3) is 3.43. The Morgan fingerprint density at radius 2 is 1.82 bits per heavy atom. The zero-order valence-corrected chi connectivity index (χ0v) is 16.1. The molecule has 2 amide bonds. The minimum Gasteiger partial charge on any atom is -0.550 e. The summed E-state index contributed by atoms with van der Waals surface area (Å²) in [5, 5.41) is 19.1. The molecule has 0 aliphatic heterocycles. The van der Waals surface area contributed by atoms with Crippen molar-refractivity contribution in [3.8, 4) is 0 Å². The summed E-state index contributed by atoms with van der Waals surface area (Å²) in [6.45, 7) is 0. The number of fused-ring (bicyclic) bond motifs is 2. The maximum Gasteiger partial charge on any atom is 0.265 e. The first kappa shape index (κ1) is 18.7. The van der Waals surface area contributed by atoms with E-state index < -0.39 is 17.8 Å². The van der Waals surface area contributed by atoms with E-state index in [0.29, 0.717) is 27.7 Å². The molecule has 1 fully saturated rings. The maximum atomic E-state index is 12.8. The van der Waals surface area contributed by atoms with E-state index in [-0.39, 0.29) is 23.7 Å². The van der Waals surface area contributed by atoms with Crippen molar-refractivity contribution < 1.29 is 19.5 Å². The van der Waals surface area contributed by atoms with E-state index in [1.165, 1.54) is 11.3 Å². The standard InChI is InChI=1S/C20H17ClN2O4S/c21-13-6-5-12(9-14(13)23-18(24)15-2-1-7-28-15)22-19(25)16-10-3-4-11(8-10)17(16)20(26)27/h1-7,9-11,16-17H,8H2,(H,22,25)(H,23,24)(H,26,27)/p-1/t10-,11+,16+,17+/m1/s1. The highest BCUT2D eigenvalue weighted by Crippen LogP contribution is 2.48. The number of hydrogen-bond acceptors (Lipinski definition) is 5. The van der Waals surface area contributed by atoms with Gasteiger partial charge in [-0.2, -0.15) is 0 Å². The van der Waals surface area contributed by atoms with Crippen LogP contribution >= 0.6 is 22.9 Å². The predicted octanol–water partition coefficient (Wildman–Crippen LogP) is 2.78. The molecule has 0 saturated heterocycles. The lowest BCUT2D eigenvalue weighted by atomic mass is 9.82. The van der Waals surface area contributed by atoms with Gasteiger partial charge in [-0.1, -0.05) is 29.8 Å². The Hall–Kier alpha value is -2.64. The van der Waals surface area contributed by atoms with E-state index in [9.17, 15) is 19.5 Å². The molecule has 0 unspecified atom stereocenters. The second kappa shape index (κ2) is 7.41. The van der Waals surface area contributed by atoms with E-state index in [4.69, 9.17) is 11.6 Å². The van der Waals surface area contributed by atoms with Crippen LogP contribution in [0.4, 0.5) is 11.4 Å². The van der Waals surface area contributed by atoms with Gasteiger partial charge in [0.25, 0.3) is 5.91 Å². The van der Waals surface area contributed by atoms with Gasteiger partial charge in [-0.15, -0.1) is 11.3 Å². The van der Waals surface area contributed by atoms with Gasteiger partial charge >= 0.3 is 0 Å². The Morgan fingerprint density at radius 1 is 1.07 bits per heavy atom. The number of carboxylic acid groups (broad SMARTS) is 1. The summed E-state index contributed by atoms with van der Waals surface area (Å²) >= 11 is 7.47. The van der Waals surface area contributed by atoms with Gasteiger partial charge in [0.15, 0.2) is 0 Å². The van der Waals surface area contributed by atoms with E-state index in [1.807, 2.05) is 12.2 Å². The Balaban J connectivity index is 1.51. The van der Waals surface area contributed by atoms with Gasteiger partial charge in [-0.3, -0.25) is 9.59 Å². The number of nitrogens with one attached hydrogen (secondary N) is 2. The van der Waals surface area contributed by atoms with Gasteiger partial charge in [-0.25, -0.2) is 0 Å². The van der Waals surface area contributed by atoms with Crippen molar-refractivity contribution in [1.82, 2.24) is 0 Å². The van der Waals surface area contributed by atoms with Crippen LogP contribution in [0, 0.1) is 23.7 Å². The molecule has 144 valence electrons. The number of thiophene rings is 1. The van der Waals surface area contributed by atoms with Gasteiger partial charge in [-0.05, 0) is 47.9 Å². The fourth-order valence-corrected chi connectivity index (χ4v) is 4.80. The molecular formula is C20H16ClN2O4S-. The first-order valence-corrected chi connectivity index (χ1v) is 10.0. The zero-order valence-electron chi connectivity index (χ0n) is 14.6. The molecule has 4 rings (SSSR count). The maximum absolute atomic E-state index is 12.8. The molecule has 8 heteroatoms. The molecule has 2 bridgehead atoms. The topological polar surface area (TPSA) is 98.3 Å². The molecule has 2 aromatic rings. The summed E-state index contributed by atoms with van der Waals surface area (Å²) in [5.74, 6) is -3.61. The monoisotopic (exact) mass is 415 g/mol. The Labute approximate surface area is 170 Å². The Bertz CT molecular complexity index is 973. The van der Waals surface area contributed by atoms with Crippen molar-refractivity contribution in [2.45, 2.75) is 6.42 Å². The molecule has 2 aliphatic carbocycles. The molecule has 2 N–H and O–H groups in total. The minimum atomic E-state index is -1.20. The van der Waals surface area contributed by atoms with E-state index in [2.05, 4.69) is 10.6 Å². The lowest BCUT2D eigenvalue weighted by Crippen LogP contribution is -2.42. The highest BCUT2D eigenvalue weighted by Gasteiger charge is 2.48. The number of halogens is 1. The lowest BCUT2D eigenvalue weighted by molar-refractivity contribution is -0.313. The summed E-state index contributed by atoms with van der Waals surface area (Å²) in [5.41, 5.74) is 0.793. The quantitative estimate of drug-likeness (QED) is 0.733. The number of hydrogen-bond donors (Lipinski definition) is 2. The van der Waals surface area contributed by atoms with Crippen LogP contribution in [0.15, 0.2) is 47.9 Å². The van der Waals surface area contributed by atoms with Crippen LogP contribution < -0.4 is 15.7 Å². The van der Waals surface area contributed by atoms with Crippen molar-refractivity contribution in [3.63, 3.8) is 0 Å². The number of rotatable bonds is 5. The molecule has 2 aliphatic rings. The van der Waals surface area contributed by atoms with Crippen LogP contribution in [0.5, 0.6) is 0 Å². The third-order valence-corrected chi connectivity index (χ3v) is 6.46. The summed E-state index contributed by atoms with van der Waals surface area (Å²) in [6, 6.07) is 8.20. The molecule has 1 aromatic carbocycles. The van der Waals surface area contributed by atoms with Crippen LogP contribution in [0.1, 0.15) is 16.1 Å². The third-order valence-electron chi connectivity index (χ3n) is 5.26. The van der Waals surface area contributed by atoms with Crippen molar-refractivity contribution in [2.24, 2.45) is 23.7 Å². The van der Waals surface area contributed by atoms with Gasteiger partial charge in [0.1, 0.15) is 0 Å². The van der Waals surface area contributed by atoms with Crippen LogP contribution in [0.2, 0.25) is 5.02 Å².